The zero-order valence-electron chi connectivity index (χ0n) is 5.02. The smallest absolute Gasteiger partial charge is 0.0921 e. The number of nitrogens with one attached hydrogen (secondary N) is 1. The molecular weight excluding hydrogens is 102 g/mol. The molecule has 0 spiro atoms. The standard InChI is InChI=1S/C6H11NO/c1-3-6(5-8)7-4-2/h1,6-8H,4-5H2,2H3. The van der Waals surface area contributed by atoms with E-state index in [0.29, 0.717) is 0 Å². The topological polar surface area (TPSA) is 32.3 Å². The average Bonchev–Trinajstić information content (AvgIpc) is 1.83. The van der Waals surface area contributed by atoms with Crippen LogP contribution >= 0.6 is 0 Å². The Labute approximate surface area is 49.9 Å². The summed E-state index contributed by atoms with van der Waals surface area (Å²) in [6.45, 7) is 2.76. The minimum atomic E-state index is -0.167. The molecule has 0 amide bonds. The van der Waals surface area contributed by atoms with Crippen molar-refractivity contribution >= 4 is 0 Å². The van der Waals surface area contributed by atoms with Crippen molar-refractivity contribution in [1.29, 1.82) is 0 Å². The van der Waals surface area contributed by atoms with E-state index in [4.69, 9.17) is 11.5 Å². The summed E-state index contributed by atoms with van der Waals surface area (Å²) in [4.78, 5) is 0. The lowest BCUT2D eigenvalue weighted by molar-refractivity contribution is 0.270. The molecule has 0 aliphatic carbocycles. The van der Waals surface area contributed by atoms with Gasteiger partial charge in [-0.15, -0.1) is 6.42 Å². The van der Waals surface area contributed by atoms with Gasteiger partial charge in [0.05, 0.1) is 12.6 Å². The Kier molecular flexibility index (Phi) is 4.33. The van der Waals surface area contributed by atoms with E-state index >= 15 is 0 Å². The molecule has 0 heterocycles. The van der Waals surface area contributed by atoms with Crippen LogP contribution in [0.3, 0.4) is 0 Å². The second kappa shape index (κ2) is 4.63. The van der Waals surface area contributed by atoms with Crippen molar-refractivity contribution in [2.75, 3.05) is 13.2 Å². The first-order valence-electron chi connectivity index (χ1n) is 2.65. The van der Waals surface area contributed by atoms with Crippen LogP contribution in [-0.4, -0.2) is 24.3 Å². The maximum atomic E-state index is 8.45. The molecule has 0 fully saturated rings. The maximum absolute atomic E-state index is 8.45. The number of aliphatic hydroxyl groups is 1. The summed E-state index contributed by atoms with van der Waals surface area (Å²) in [7, 11) is 0. The third-order valence-corrected chi connectivity index (χ3v) is 0.834. The van der Waals surface area contributed by atoms with Gasteiger partial charge in [0.2, 0.25) is 0 Å². The Morgan fingerprint density at radius 1 is 1.88 bits per heavy atom. The lowest BCUT2D eigenvalue weighted by Gasteiger charge is -2.04. The van der Waals surface area contributed by atoms with Gasteiger partial charge in [0.1, 0.15) is 0 Å². The van der Waals surface area contributed by atoms with Crippen molar-refractivity contribution in [3.05, 3.63) is 0 Å². The van der Waals surface area contributed by atoms with Gasteiger partial charge in [-0.25, -0.2) is 0 Å². The van der Waals surface area contributed by atoms with E-state index in [9.17, 15) is 0 Å². The largest absolute Gasteiger partial charge is 0.394 e. The fourth-order valence-electron chi connectivity index (χ4n) is 0.423. The molecule has 46 valence electrons. The van der Waals surface area contributed by atoms with Gasteiger partial charge in [-0.3, -0.25) is 0 Å². The van der Waals surface area contributed by atoms with Crippen LogP contribution in [0.15, 0.2) is 0 Å². The molecule has 0 aliphatic rings. The Hall–Kier alpha value is -0.520. The molecule has 2 N–H and O–H groups in total. The molecule has 0 saturated heterocycles. The van der Waals surface area contributed by atoms with Gasteiger partial charge in [-0.1, -0.05) is 12.8 Å². The van der Waals surface area contributed by atoms with Gasteiger partial charge in [0.15, 0.2) is 0 Å². The highest BCUT2D eigenvalue weighted by atomic mass is 16.3. The zero-order chi connectivity index (χ0) is 6.41. The normalized spacial score (nSPS) is 12.6. The molecule has 0 aromatic heterocycles. The molecule has 0 rings (SSSR count). The Morgan fingerprint density at radius 2 is 2.50 bits per heavy atom. The molecule has 2 heteroatoms. The Balaban J connectivity index is 3.26. The van der Waals surface area contributed by atoms with Crippen molar-refractivity contribution < 1.29 is 5.11 Å². The van der Waals surface area contributed by atoms with Crippen molar-refractivity contribution in [2.45, 2.75) is 13.0 Å². The van der Waals surface area contributed by atoms with Crippen LogP contribution in [0.2, 0.25) is 0 Å². The van der Waals surface area contributed by atoms with Crippen LogP contribution in [0.25, 0.3) is 0 Å². The highest BCUT2D eigenvalue weighted by Crippen LogP contribution is 1.74. The number of likely N-dealkylation sites (N-methyl/N-ethyl adjacent to an activating group) is 1. The lowest BCUT2D eigenvalue weighted by Crippen LogP contribution is -2.30. The fourth-order valence-corrected chi connectivity index (χ4v) is 0.423. The summed E-state index contributed by atoms with van der Waals surface area (Å²) in [6, 6.07) is -0.167. The van der Waals surface area contributed by atoms with Gasteiger partial charge >= 0.3 is 0 Å². The fraction of sp³-hybridized carbons (Fsp3) is 0.667. The SMILES string of the molecule is C#CC(CO)NCC. The van der Waals surface area contributed by atoms with Crippen LogP contribution < -0.4 is 5.32 Å². The third-order valence-electron chi connectivity index (χ3n) is 0.834. The average molecular weight is 113 g/mol. The second-order valence-corrected chi connectivity index (χ2v) is 1.46. The maximum Gasteiger partial charge on any atom is 0.0921 e. The number of hydrogen-bond donors (Lipinski definition) is 2. The quantitative estimate of drug-likeness (QED) is 0.488. The molecule has 0 saturated carbocycles. The molecule has 0 aromatic carbocycles. The molecule has 8 heavy (non-hydrogen) atoms. The predicted molar refractivity (Wildman–Crippen MR) is 33.4 cm³/mol. The first-order chi connectivity index (χ1) is 3.85. The number of rotatable bonds is 3. The van der Waals surface area contributed by atoms with Crippen LogP contribution in [0.5, 0.6) is 0 Å². The summed E-state index contributed by atoms with van der Waals surface area (Å²) < 4.78 is 0. The Bertz CT molecular complexity index is 85.0. The molecule has 0 radical (unpaired) electrons. The van der Waals surface area contributed by atoms with E-state index in [1.54, 1.807) is 0 Å². The lowest BCUT2D eigenvalue weighted by atomic mass is 10.3. The molecule has 1 unspecified atom stereocenters. The van der Waals surface area contributed by atoms with E-state index in [1.165, 1.54) is 0 Å². The van der Waals surface area contributed by atoms with Crippen molar-refractivity contribution in [2.24, 2.45) is 0 Å². The summed E-state index contributed by atoms with van der Waals surface area (Å²) in [5.74, 6) is 2.39. The first kappa shape index (κ1) is 7.48. The Morgan fingerprint density at radius 3 is 2.62 bits per heavy atom. The van der Waals surface area contributed by atoms with Gasteiger partial charge in [0, 0.05) is 0 Å². The van der Waals surface area contributed by atoms with Crippen LogP contribution in [0.1, 0.15) is 6.92 Å². The predicted octanol–water partition coefficient (Wildman–Crippen LogP) is -0.410. The van der Waals surface area contributed by atoms with Crippen molar-refractivity contribution in [3.8, 4) is 12.3 Å². The van der Waals surface area contributed by atoms with Crippen LogP contribution in [0.4, 0.5) is 0 Å². The number of aliphatic hydroxyl groups excluding tert-OH is 1. The molecule has 0 aromatic rings. The summed E-state index contributed by atoms with van der Waals surface area (Å²) in [5.41, 5.74) is 0. The van der Waals surface area contributed by atoms with E-state index in [-0.39, 0.29) is 12.6 Å². The highest BCUT2D eigenvalue weighted by molar-refractivity contribution is 4.97. The minimum Gasteiger partial charge on any atom is -0.394 e. The highest BCUT2D eigenvalue weighted by Gasteiger charge is 1.95. The van der Waals surface area contributed by atoms with E-state index in [1.807, 2.05) is 6.92 Å². The van der Waals surface area contributed by atoms with E-state index in [2.05, 4.69) is 11.2 Å². The second-order valence-electron chi connectivity index (χ2n) is 1.46. The number of hydrogen-bond acceptors (Lipinski definition) is 2. The molecule has 0 aliphatic heterocycles. The van der Waals surface area contributed by atoms with Crippen molar-refractivity contribution in [1.82, 2.24) is 5.32 Å². The number of terminal acetylenes is 1. The molecular formula is C6H11NO. The van der Waals surface area contributed by atoms with Crippen molar-refractivity contribution in [3.63, 3.8) is 0 Å². The van der Waals surface area contributed by atoms with Gasteiger partial charge in [-0.2, -0.15) is 0 Å². The van der Waals surface area contributed by atoms with Crippen LogP contribution in [-0.2, 0) is 0 Å². The summed E-state index contributed by atoms with van der Waals surface area (Å²) in [5, 5.41) is 11.3. The van der Waals surface area contributed by atoms with E-state index < -0.39 is 0 Å². The van der Waals surface area contributed by atoms with Gasteiger partial charge < -0.3 is 10.4 Å². The van der Waals surface area contributed by atoms with E-state index in [0.717, 1.165) is 6.54 Å². The van der Waals surface area contributed by atoms with Gasteiger partial charge in [0.25, 0.3) is 0 Å². The third kappa shape index (κ3) is 2.62. The summed E-state index contributed by atoms with van der Waals surface area (Å²) in [6.07, 6.45) is 5.00. The van der Waals surface area contributed by atoms with Gasteiger partial charge in [-0.05, 0) is 6.54 Å². The monoisotopic (exact) mass is 113 g/mol. The summed E-state index contributed by atoms with van der Waals surface area (Å²) >= 11 is 0. The molecule has 0 bridgehead atoms. The first-order valence-corrected chi connectivity index (χ1v) is 2.65. The molecule has 1 atom stereocenters. The zero-order valence-corrected chi connectivity index (χ0v) is 5.02. The molecule has 2 nitrogen and oxygen atoms in total. The minimum absolute atomic E-state index is 0.0182. The van der Waals surface area contributed by atoms with Crippen LogP contribution in [0, 0.1) is 12.3 Å².